The molecule has 0 atom stereocenters. The fourth-order valence-electron chi connectivity index (χ4n) is 8.96. The molecule has 0 saturated heterocycles. The third-order valence-corrected chi connectivity index (χ3v) is 11.8. The van der Waals surface area contributed by atoms with Gasteiger partial charge in [0.15, 0.2) is 0 Å². The van der Waals surface area contributed by atoms with Crippen LogP contribution < -0.4 is 0 Å². The largest absolute Gasteiger partial charge is 0.243 e. The van der Waals surface area contributed by atoms with Gasteiger partial charge in [0.2, 0.25) is 0 Å². The standard InChI is InChI=1S/C56H34N4/c1-3-15-37(16-4-1)49-51(59-55-47-25-13-9-21-43(47)41-19-7-11-23-45(41)53(55)57-49)39-31-27-35(28-32-39)36-29-33-40(34-30-36)52-50(38-17-5-2-6-18-38)58-54-46-24-12-8-20-42(46)44-22-10-14-26-48(44)56(54)60-52/h1-34H. The number of rotatable bonds is 5. The van der Waals surface area contributed by atoms with E-state index in [1.165, 1.54) is 21.5 Å². The van der Waals surface area contributed by atoms with Crippen molar-refractivity contribution in [2.24, 2.45) is 0 Å². The minimum atomic E-state index is 0.861. The fraction of sp³-hybridized carbons (Fsp3) is 0. The molecule has 0 N–H and O–H groups in total. The normalized spacial score (nSPS) is 11.7. The van der Waals surface area contributed by atoms with Crippen molar-refractivity contribution in [3.63, 3.8) is 0 Å². The summed E-state index contributed by atoms with van der Waals surface area (Å²) in [6, 6.07) is 72.3. The van der Waals surface area contributed by atoms with E-state index in [0.717, 1.165) is 99.8 Å². The van der Waals surface area contributed by atoms with Crippen molar-refractivity contribution in [3.8, 4) is 56.2 Å². The SMILES string of the molecule is c1ccc(-c2nc3c4ccccc4c4ccccc4c3nc2-c2ccc(-c3ccc(-c4nc5c6ccccc6c6ccccc6c5nc4-c4ccccc4)cc3)cc2)cc1. The summed E-state index contributed by atoms with van der Waals surface area (Å²) >= 11 is 0. The maximum atomic E-state index is 5.46. The topological polar surface area (TPSA) is 51.6 Å². The quantitative estimate of drug-likeness (QED) is 0.164. The van der Waals surface area contributed by atoms with Gasteiger partial charge in [-0.1, -0.05) is 206 Å². The van der Waals surface area contributed by atoms with E-state index in [2.05, 4.69) is 194 Å². The molecule has 0 unspecified atom stereocenters. The molecule has 0 radical (unpaired) electrons. The number of hydrogen-bond donors (Lipinski definition) is 0. The third-order valence-electron chi connectivity index (χ3n) is 11.8. The molecule has 4 heteroatoms. The van der Waals surface area contributed by atoms with E-state index in [1.54, 1.807) is 0 Å². The Balaban J connectivity index is 0.977. The molecule has 2 heterocycles. The molecule has 12 aromatic rings. The van der Waals surface area contributed by atoms with E-state index >= 15 is 0 Å². The first kappa shape index (κ1) is 34.0. The average molecular weight is 763 g/mol. The van der Waals surface area contributed by atoms with Crippen molar-refractivity contribution < 1.29 is 0 Å². The molecule has 0 aliphatic heterocycles. The van der Waals surface area contributed by atoms with Crippen LogP contribution in [-0.4, -0.2) is 19.9 Å². The number of fused-ring (bicyclic) bond motifs is 12. The average Bonchev–Trinajstić information content (AvgIpc) is 3.34. The van der Waals surface area contributed by atoms with Gasteiger partial charge in [0.1, 0.15) is 0 Å². The number of aromatic nitrogens is 4. The monoisotopic (exact) mass is 762 g/mol. The van der Waals surface area contributed by atoms with Crippen LogP contribution in [0.15, 0.2) is 206 Å². The summed E-state index contributed by atoms with van der Waals surface area (Å²) in [5.41, 5.74) is 13.4. The van der Waals surface area contributed by atoms with Crippen LogP contribution in [0.25, 0.3) is 121 Å². The molecular weight excluding hydrogens is 729 g/mol. The van der Waals surface area contributed by atoms with Gasteiger partial charge in [0.05, 0.1) is 44.8 Å². The highest BCUT2D eigenvalue weighted by Gasteiger charge is 2.20. The van der Waals surface area contributed by atoms with E-state index in [-0.39, 0.29) is 0 Å². The van der Waals surface area contributed by atoms with E-state index in [4.69, 9.17) is 19.9 Å². The molecule has 278 valence electrons. The van der Waals surface area contributed by atoms with Crippen molar-refractivity contribution >= 4 is 65.2 Å². The Morgan fingerprint density at radius 1 is 0.167 bits per heavy atom. The van der Waals surface area contributed by atoms with Gasteiger partial charge in [0.25, 0.3) is 0 Å². The first-order valence-corrected chi connectivity index (χ1v) is 20.3. The van der Waals surface area contributed by atoms with E-state index in [0.29, 0.717) is 0 Å². The number of nitrogens with zero attached hydrogens (tertiary/aromatic N) is 4. The molecular formula is C56H34N4. The number of hydrogen-bond acceptors (Lipinski definition) is 4. The van der Waals surface area contributed by atoms with Gasteiger partial charge >= 0.3 is 0 Å². The van der Waals surface area contributed by atoms with Gasteiger partial charge in [0, 0.05) is 43.8 Å². The highest BCUT2D eigenvalue weighted by atomic mass is 14.8. The van der Waals surface area contributed by atoms with E-state index in [1.807, 2.05) is 12.1 Å². The molecule has 0 bridgehead atoms. The van der Waals surface area contributed by atoms with Crippen molar-refractivity contribution in [3.05, 3.63) is 206 Å². The summed E-state index contributed by atoms with van der Waals surface area (Å²) in [6.07, 6.45) is 0. The lowest BCUT2D eigenvalue weighted by Gasteiger charge is -2.15. The predicted molar refractivity (Wildman–Crippen MR) is 250 cm³/mol. The van der Waals surface area contributed by atoms with Crippen LogP contribution in [0.5, 0.6) is 0 Å². The molecule has 10 aromatic carbocycles. The fourth-order valence-corrected chi connectivity index (χ4v) is 8.96. The van der Waals surface area contributed by atoms with Crippen LogP contribution in [0.3, 0.4) is 0 Å². The van der Waals surface area contributed by atoms with Crippen LogP contribution in [-0.2, 0) is 0 Å². The first-order chi connectivity index (χ1) is 29.8. The summed E-state index contributed by atoms with van der Waals surface area (Å²) < 4.78 is 0. The Morgan fingerprint density at radius 3 is 0.633 bits per heavy atom. The van der Waals surface area contributed by atoms with Crippen LogP contribution >= 0.6 is 0 Å². The molecule has 2 aromatic heterocycles. The Morgan fingerprint density at radius 2 is 0.367 bits per heavy atom. The zero-order chi connectivity index (χ0) is 39.6. The summed E-state index contributed by atoms with van der Waals surface area (Å²) in [5, 5.41) is 9.14. The Bertz CT molecular complexity index is 3380. The van der Waals surface area contributed by atoms with Crippen molar-refractivity contribution in [2.75, 3.05) is 0 Å². The number of benzene rings is 10. The minimum Gasteiger partial charge on any atom is -0.243 e. The predicted octanol–water partition coefficient (Wildman–Crippen LogP) is 14.5. The highest BCUT2D eigenvalue weighted by Crippen LogP contribution is 2.40. The summed E-state index contributed by atoms with van der Waals surface area (Å²) in [4.78, 5) is 21.8. The smallest absolute Gasteiger partial charge is 0.0979 e. The molecule has 0 fully saturated rings. The van der Waals surface area contributed by atoms with Gasteiger partial charge < -0.3 is 0 Å². The Hall–Kier alpha value is -8.08. The zero-order valence-electron chi connectivity index (χ0n) is 32.4. The summed E-state index contributed by atoms with van der Waals surface area (Å²) in [5.74, 6) is 0. The Labute approximate surface area is 346 Å². The van der Waals surface area contributed by atoms with Crippen LogP contribution in [0.4, 0.5) is 0 Å². The van der Waals surface area contributed by atoms with Gasteiger partial charge in [-0.3, -0.25) is 0 Å². The second-order valence-corrected chi connectivity index (χ2v) is 15.3. The van der Waals surface area contributed by atoms with E-state index in [9.17, 15) is 0 Å². The lowest BCUT2D eigenvalue weighted by molar-refractivity contribution is 1.30. The molecule has 0 aliphatic rings. The van der Waals surface area contributed by atoms with E-state index < -0.39 is 0 Å². The summed E-state index contributed by atoms with van der Waals surface area (Å²) in [6.45, 7) is 0. The molecule has 12 rings (SSSR count). The molecule has 60 heavy (non-hydrogen) atoms. The summed E-state index contributed by atoms with van der Waals surface area (Å²) in [7, 11) is 0. The van der Waals surface area contributed by atoms with Crippen molar-refractivity contribution in [2.45, 2.75) is 0 Å². The second kappa shape index (κ2) is 13.8. The van der Waals surface area contributed by atoms with Gasteiger partial charge in [-0.2, -0.15) is 0 Å². The van der Waals surface area contributed by atoms with Crippen molar-refractivity contribution in [1.82, 2.24) is 19.9 Å². The van der Waals surface area contributed by atoms with Crippen LogP contribution in [0, 0.1) is 0 Å². The molecule has 0 amide bonds. The molecule has 0 spiro atoms. The Kier molecular flexibility index (Phi) is 7.82. The van der Waals surface area contributed by atoms with Gasteiger partial charge in [-0.05, 0) is 32.7 Å². The van der Waals surface area contributed by atoms with Crippen LogP contribution in [0.2, 0.25) is 0 Å². The maximum absolute atomic E-state index is 5.46. The molecule has 0 saturated carbocycles. The molecule has 4 nitrogen and oxygen atoms in total. The first-order valence-electron chi connectivity index (χ1n) is 20.3. The minimum absolute atomic E-state index is 0.861. The van der Waals surface area contributed by atoms with Gasteiger partial charge in [-0.15, -0.1) is 0 Å². The lowest BCUT2D eigenvalue weighted by atomic mass is 9.96. The third kappa shape index (κ3) is 5.46. The zero-order valence-corrected chi connectivity index (χ0v) is 32.4. The second-order valence-electron chi connectivity index (χ2n) is 15.3. The van der Waals surface area contributed by atoms with Crippen molar-refractivity contribution in [1.29, 1.82) is 0 Å². The van der Waals surface area contributed by atoms with Gasteiger partial charge in [-0.25, -0.2) is 19.9 Å². The lowest BCUT2D eigenvalue weighted by Crippen LogP contribution is -1.98. The molecule has 0 aliphatic carbocycles. The highest BCUT2D eigenvalue weighted by molar-refractivity contribution is 6.24. The van der Waals surface area contributed by atoms with Crippen LogP contribution in [0.1, 0.15) is 0 Å². The maximum Gasteiger partial charge on any atom is 0.0979 e.